The number of nitrogens with zero attached hydrogens (tertiary/aromatic N) is 3. The van der Waals surface area contributed by atoms with Crippen LogP contribution in [0.3, 0.4) is 0 Å². The van der Waals surface area contributed by atoms with Crippen LogP contribution >= 0.6 is 0 Å². The van der Waals surface area contributed by atoms with Crippen LogP contribution in [-0.4, -0.2) is 92.7 Å². The van der Waals surface area contributed by atoms with Crippen LogP contribution < -0.4 is 5.32 Å². The number of sulfone groups is 1. The molecule has 2 heterocycles. The Kier molecular flexibility index (Phi) is 6.38. The van der Waals surface area contributed by atoms with Crippen molar-refractivity contribution in [2.75, 3.05) is 58.2 Å². The maximum Gasteiger partial charge on any atom is 0.194 e. The molecule has 2 aliphatic heterocycles. The fourth-order valence-electron chi connectivity index (χ4n) is 3.29. The fourth-order valence-corrected chi connectivity index (χ4v) is 4.65. The van der Waals surface area contributed by atoms with Gasteiger partial charge in [-0.05, 0) is 34.6 Å². The standard InChI is InChI=1S/C17H34N4O3S/c1-6-18-15(20-9-12-25(22,23)17(4,5)14-20)19-13-16(2,3)21-7-10-24-11-8-21/h6-14H2,1-5H3,(H,18,19). The molecule has 0 aromatic carbocycles. The Labute approximate surface area is 152 Å². The predicted octanol–water partition coefficient (Wildman–Crippen LogP) is 0.572. The minimum absolute atomic E-state index is 0.0537. The number of hydrogen-bond donors (Lipinski definition) is 1. The van der Waals surface area contributed by atoms with E-state index in [2.05, 4.69) is 29.0 Å². The van der Waals surface area contributed by atoms with Gasteiger partial charge < -0.3 is 15.0 Å². The normalized spacial score (nSPS) is 25.0. The molecule has 0 aromatic heterocycles. The van der Waals surface area contributed by atoms with E-state index >= 15 is 0 Å². The first kappa shape index (κ1) is 20.5. The molecular weight excluding hydrogens is 340 g/mol. The van der Waals surface area contributed by atoms with Crippen LogP contribution in [0.4, 0.5) is 0 Å². The zero-order chi connectivity index (χ0) is 18.7. The van der Waals surface area contributed by atoms with Crippen molar-refractivity contribution in [3.8, 4) is 0 Å². The second-order valence-corrected chi connectivity index (χ2v) is 10.8. The zero-order valence-electron chi connectivity index (χ0n) is 16.3. The number of ether oxygens (including phenoxy) is 1. The quantitative estimate of drug-likeness (QED) is 0.573. The number of guanidine groups is 1. The summed E-state index contributed by atoms with van der Waals surface area (Å²) in [7, 11) is -3.05. The number of hydrogen-bond acceptors (Lipinski definition) is 5. The Hall–Kier alpha value is -0.860. The van der Waals surface area contributed by atoms with Gasteiger partial charge >= 0.3 is 0 Å². The van der Waals surface area contributed by atoms with Crippen LogP contribution in [0.1, 0.15) is 34.6 Å². The molecule has 2 rings (SSSR count). The largest absolute Gasteiger partial charge is 0.379 e. The molecule has 2 fully saturated rings. The summed E-state index contributed by atoms with van der Waals surface area (Å²) in [5, 5.41) is 3.33. The van der Waals surface area contributed by atoms with Gasteiger partial charge in [0.2, 0.25) is 0 Å². The van der Waals surface area contributed by atoms with Crippen LogP contribution in [0.2, 0.25) is 0 Å². The summed E-state index contributed by atoms with van der Waals surface area (Å²) in [6.07, 6.45) is 0. The molecule has 0 unspecified atom stereocenters. The molecule has 2 aliphatic rings. The minimum Gasteiger partial charge on any atom is -0.379 e. The fraction of sp³-hybridized carbons (Fsp3) is 0.941. The summed E-state index contributed by atoms with van der Waals surface area (Å²) in [5.74, 6) is 0.990. The van der Waals surface area contributed by atoms with E-state index in [9.17, 15) is 8.42 Å². The van der Waals surface area contributed by atoms with Crippen LogP contribution in [0.5, 0.6) is 0 Å². The van der Waals surface area contributed by atoms with Crippen molar-refractivity contribution in [1.82, 2.24) is 15.1 Å². The Morgan fingerprint density at radius 2 is 1.88 bits per heavy atom. The van der Waals surface area contributed by atoms with Gasteiger partial charge in [0.1, 0.15) is 0 Å². The molecule has 0 amide bonds. The molecule has 1 N–H and O–H groups in total. The predicted molar refractivity (Wildman–Crippen MR) is 102 cm³/mol. The van der Waals surface area contributed by atoms with Crippen LogP contribution in [-0.2, 0) is 14.6 Å². The average Bonchev–Trinajstić information content (AvgIpc) is 2.55. The maximum atomic E-state index is 12.2. The first-order valence-electron chi connectivity index (χ1n) is 9.17. The third-order valence-corrected chi connectivity index (χ3v) is 7.69. The number of rotatable bonds is 4. The van der Waals surface area contributed by atoms with Gasteiger partial charge in [-0.2, -0.15) is 0 Å². The monoisotopic (exact) mass is 374 g/mol. The summed E-state index contributed by atoms with van der Waals surface area (Å²) < 4.78 is 29.2. The smallest absolute Gasteiger partial charge is 0.194 e. The van der Waals surface area contributed by atoms with Gasteiger partial charge in [-0.1, -0.05) is 0 Å². The highest BCUT2D eigenvalue weighted by atomic mass is 32.2. The first-order chi connectivity index (χ1) is 11.6. The summed E-state index contributed by atoms with van der Waals surface area (Å²) in [6.45, 7) is 15.8. The highest BCUT2D eigenvalue weighted by Crippen LogP contribution is 2.24. The van der Waals surface area contributed by atoms with Crippen molar-refractivity contribution in [2.45, 2.75) is 44.9 Å². The molecule has 0 spiro atoms. The summed E-state index contributed by atoms with van der Waals surface area (Å²) in [6, 6.07) is 0. The molecule has 146 valence electrons. The number of morpholine rings is 1. The van der Waals surface area contributed by atoms with Gasteiger partial charge in [-0.25, -0.2) is 8.42 Å². The van der Waals surface area contributed by atoms with Crippen molar-refractivity contribution in [3.05, 3.63) is 0 Å². The van der Waals surface area contributed by atoms with E-state index in [-0.39, 0.29) is 11.3 Å². The number of aliphatic imine (C=N–C) groups is 1. The van der Waals surface area contributed by atoms with Gasteiger partial charge in [0.05, 0.1) is 30.3 Å². The molecule has 0 aromatic rings. The van der Waals surface area contributed by atoms with Crippen molar-refractivity contribution in [3.63, 3.8) is 0 Å². The second-order valence-electron chi connectivity index (χ2n) is 8.08. The van der Waals surface area contributed by atoms with Crippen molar-refractivity contribution in [1.29, 1.82) is 0 Å². The van der Waals surface area contributed by atoms with Crippen molar-refractivity contribution < 1.29 is 13.2 Å². The van der Waals surface area contributed by atoms with E-state index in [1.807, 2.05) is 6.92 Å². The van der Waals surface area contributed by atoms with Crippen molar-refractivity contribution in [2.24, 2.45) is 4.99 Å². The molecule has 0 bridgehead atoms. The molecule has 7 nitrogen and oxygen atoms in total. The Bertz CT molecular complexity index is 581. The van der Waals surface area contributed by atoms with E-state index in [1.54, 1.807) is 13.8 Å². The van der Waals surface area contributed by atoms with E-state index < -0.39 is 14.6 Å². The van der Waals surface area contributed by atoms with Gasteiger partial charge in [-0.3, -0.25) is 9.89 Å². The molecule has 25 heavy (non-hydrogen) atoms. The Morgan fingerprint density at radius 1 is 1.24 bits per heavy atom. The molecule has 0 saturated carbocycles. The SMILES string of the molecule is CCNC(=NCC(C)(C)N1CCOCC1)N1CCS(=O)(=O)C(C)(C)C1. The third-order valence-electron chi connectivity index (χ3n) is 5.16. The molecule has 0 atom stereocenters. The van der Waals surface area contributed by atoms with E-state index in [4.69, 9.17) is 9.73 Å². The van der Waals surface area contributed by atoms with Gasteiger partial charge in [0, 0.05) is 38.3 Å². The van der Waals surface area contributed by atoms with Crippen LogP contribution in [0.25, 0.3) is 0 Å². The minimum atomic E-state index is -3.05. The molecular formula is C17H34N4O3S. The molecule has 0 aliphatic carbocycles. The summed E-state index contributed by atoms with van der Waals surface area (Å²) >= 11 is 0. The Balaban J connectivity index is 2.10. The maximum absolute atomic E-state index is 12.2. The first-order valence-corrected chi connectivity index (χ1v) is 10.8. The average molecular weight is 375 g/mol. The highest BCUT2D eigenvalue weighted by molar-refractivity contribution is 7.92. The lowest BCUT2D eigenvalue weighted by molar-refractivity contribution is -0.00689. The lowest BCUT2D eigenvalue weighted by Crippen LogP contribution is -2.58. The summed E-state index contributed by atoms with van der Waals surface area (Å²) in [4.78, 5) is 9.35. The zero-order valence-corrected chi connectivity index (χ0v) is 17.2. The topological polar surface area (TPSA) is 74.2 Å². The second kappa shape index (κ2) is 7.80. The molecule has 0 radical (unpaired) electrons. The lowest BCUT2D eigenvalue weighted by atomic mass is 10.0. The summed E-state index contributed by atoms with van der Waals surface area (Å²) in [5.41, 5.74) is -0.0537. The van der Waals surface area contributed by atoms with Gasteiger partial charge in [0.15, 0.2) is 15.8 Å². The molecule has 2 saturated heterocycles. The van der Waals surface area contributed by atoms with Crippen LogP contribution in [0, 0.1) is 0 Å². The number of nitrogens with one attached hydrogen (secondary N) is 1. The molecule has 8 heteroatoms. The van der Waals surface area contributed by atoms with Gasteiger partial charge in [0.25, 0.3) is 0 Å². The van der Waals surface area contributed by atoms with E-state index in [1.165, 1.54) is 0 Å². The van der Waals surface area contributed by atoms with Crippen LogP contribution in [0.15, 0.2) is 4.99 Å². The Morgan fingerprint density at radius 3 is 2.44 bits per heavy atom. The van der Waals surface area contributed by atoms with Gasteiger partial charge in [-0.15, -0.1) is 0 Å². The third kappa shape index (κ3) is 4.86. The lowest BCUT2D eigenvalue weighted by Gasteiger charge is -2.41. The van der Waals surface area contributed by atoms with E-state index in [0.29, 0.717) is 19.6 Å². The highest BCUT2D eigenvalue weighted by Gasteiger charge is 2.41. The van der Waals surface area contributed by atoms with Crippen molar-refractivity contribution >= 4 is 15.8 Å². The van der Waals surface area contributed by atoms with E-state index in [0.717, 1.165) is 38.8 Å².